The van der Waals surface area contributed by atoms with Gasteiger partial charge >= 0.3 is 12.1 Å². The lowest BCUT2D eigenvalue weighted by Crippen LogP contribution is -2.35. The van der Waals surface area contributed by atoms with Crippen LogP contribution in [0.15, 0.2) is 71.6 Å². The largest absolute Gasteiger partial charge is 0.490 e. The average Bonchev–Trinajstić information content (AvgIpc) is 2.84. The number of carbonyl (C=O) groups is 2. The molecule has 0 spiro atoms. The summed E-state index contributed by atoms with van der Waals surface area (Å²) in [6, 6.07) is 18.1. The highest BCUT2D eigenvalue weighted by Crippen LogP contribution is 2.32. The lowest BCUT2D eigenvalue weighted by Gasteiger charge is -2.25. The van der Waals surface area contributed by atoms with E-state index >= 15 is 0 Å². The van der Waals surface area contributed by atoms with Gasteiger partial charge in [-0.3, -0.25) is 0 Å². The van der Waals surface area contributed by atoms with Crippen LogP contribution in [0.3, 0.4) is 0 Å². The summed E-state index contributed by atoms with van der Waals surface area (Å²) in [4.78, 5) is 24.9. The zero-order chi connectivity index (χ0) is 26.5. The van der Waals surface area contributed by atoms with Gasteiger partial charge in [0.2, 0.25) is 0 Å². The van der Waals surface area contributed by atoms with E-state index in [-0.39, 0.29) is 19.8 Å². The molecule has 0 saturated carbocycles. The Morgan fingerprint density at radius 3 is 2.19 bits per heavy atom. The standard InChI is InChI=1S/C29H39NO5S/c1-20(2)27(21(3)4)23-12-14-24(15-13-23)34-18-25(19-36-26-10-8-7-9-11-26)35-29(32)30-16-17-33-28(31)22(5)6/h7-15,20-21,25,27H,5,16-19H2,1-4,6H3,(H,30,32). The van der Waals surface area contributed by atoms with Gasteiger partial charge in [0.1, 0.15) is 25.1 Å². The van der Waals surface area contributed by atoms with Crippen LogP contribution in [0.2, 0.25) is 0 Å². The van der Waals surface area contributed by atoms with Crippen molar-refractivity contribution in [1.82, 2.24) is 5.32 Å². The molecule has 0 heterocycles. The first-order valence-corrected chi connectivity index (χ1v) is 13.3. The van der Waals surface area contributed by atoms with E-state index in [0.29, 0.717) is 29.1 Å². The van der Waals surface area contributed by atoms with Crippen molar-refractivity contribution in [3.63, 3.8) is 0 Å². The predicted molar refractivity (Wildman–Crippen MR) is 146 cm³/mol. The molecule has 0 aliphatic rings. The third-order valence-corrected chi connectivity index (χ3v) is 6.69. The maximum absolute atomic E-state index is 12.3. The van der Waals surface area contributed by atoms with E-state index in [0.717, 1.165) is 10.6 Å². The molecule has 7 heteroatoms. The predicted octanol–water partition coefficient (Wildman–Crippen LogP) is 6.47. The molecule has 1 amide bonds. The fraction of sp³-hybridized carbons (Fsp3) is 0.448. The summed E-state index contributed by atoms with van der Waals surface area (Å²) in [7, 11) is 0. The Morgan fingerprint density at radius 2 is 1.61 bits per heavy atom. The van der Waals surface area contributed by atoms with Crippen LogP contribution in [0.1, 0.15) is 46.1 Å². The zero-order valence-corrected chi connectivity index (χ0v) is 22.8. The molecule has 2 aromatic carbocycles. The van der Waals surface area contributed by atoms with Crippen LogP contribution in [-0.4, -0.2) is 43.7 Å². The number of thioether (sulfide) groups is 1. The molecule has 1 N–H and O–H groups in total. The van der Waals surface area contributed by atoms with E-state index in [1.54, 1.807) is 18.7 Å². The summed E-state index contributed by atoms with van der Waals surface area (Å²) < 4.78 is 16.6. The minimum Gasteiger partial charge on any atom is -0.490 e. The molecule has 0 aliphatic heterocycles. The van der Waals surface area contributed by atoms with Gasteiger partial charge < -0.3 is 19.5 Å². The molecular formula is C29H39NO5S. The van der Waals surface area contributed by atoms with Crippen molar-refractivity contribution >= 4 is 23.8 Å². The summed E-state index contributed by atoms with van der Waals surface area (Å²) in [5.41, 5.74) is 1.61. The van der Waals surface area contributed by atoms with Crippen LogP contribution in [0.25, 0.3) is 0 Å². The number of hydrogen-bond acceptors (Lipinski definition) is 6. The SMILES string of the molecule is C=C(C)C(=O)OCCNC(=O)OC(COc1ccc(C(C(C)C)C(C)C)cc1)CSc1ccccc1. The lowest BCUT2D eigenvalue weighted by atomic mass is 9.80. The van der Waals surface area contributed by atoms with Gasteiger partial charge in [-0.25, -0.2) is 9.59 Å². The molecule has 36 heavy (non-hydrogen) atoms. The van der Waals surface area contributed by atoms with Gasteiger partial charge in [0.15, 0.2) is 0 Å². The second kappa shape index (κ2) is 15.2. The van der Waals surface area contributed by atoms with Gasteiger partial charge in [0.25, 0.3) is 0 Å². The first-order valence-electron chi connectivity index (χ1n) is 12.3. The minimum absolute atomic E-state index is 0.0425. The second-order valence-corrected chi connectivity index (χ2v) is 10.5. The van der Waals surface area contributed by atoms with Crippen LogP contribution >= 0.6 is 11.8 Å². The van der Waals surface area contributed by atoms with Gasteiger partial charge in [0, 0.05) is 16.2 Å². The van der Waals surface area contributed by atoms with Crippen molar-refractivity contribution < 1.29 is 23.8 Å². The Hall–Kier alpha value is -2.93. The maximum Gasteiger partial charge on any atom is 0.407 e. The summed E-state index contributed by atoms with van der Waals surface area (Å²) in [5, 5.41) is 2.61. The van der Waals surface area contributed by atoms with E-state index in [2.05, 4.69) is 51.7 Å². The fourth-order valence-corrected chi connectivity index (χ4v) is 4.84. The lowest BCUT2D eigenvalue weighted by molar-refractivity contribution is -0.138. The van der Waals surface area contributed by atoms with Crippen molar-refractivity contribution in [3.05, 3.63) is 72.3 Å². The average molecular weight is 514 g/mol. The smallest absolute Gasteiger partial charge is 0.407 e. The summed E-state index contributed by atoms with van der Waals surface area (Å²) in [6.07, 6.45) is -1.07. The van der Waals surface area contributed by atoms with E-state index < -0.39 is 18.2 Å². The monoisotopic (exact) mass is 513 g/mol. The van der Waals surface area contributed by atoms with E-state index in [1.165, 1.54) is 5.56 Å². The number of esters is 1. The summed E-state index contributed by atoms with van der Waals surface area (Å²) in [6.45, 7) is 14.5. The molecule has 0 fully saturated rings. The number of amides is 1. The quantitative estimate of drug-likeness (QED) is 0.135. The molecule has 1 unspecified atom stereocenters. The Bertz CT molecular complexity index is 951. The first kappa shape index (κ1) is 29.3. The van der Waals surface area contributed by atoms with Crippen LogP contribution < -0.4 is 10.1 Å². The van der Waals surface area contributed by atoms with E-state index in [1.807, 2.05) is 42.5 Å². The molecule has 0 aliphatic carbocycles. The molecule has 2 aromatic rings. The Morgan fingerprint density at radius 1 is 0.972 bits per heavy atom. The third-order valence-electron chi connectivity index (χ3n) is 5.54. The molecule has 2 rings (SSSR count). The summed E-state index contributed by atoms with van der Waals surface area (Å²) in [5.74, 6) is 2.35. The van der Waals surface area contributed by atoms with Gasteiger partial charge in [-0.15, -0.1) is 11.8 Å². The molecule has 0 radical (unpaired) electrons. The highest BCUT2D eigenvalue weighted by Gasteiger charge is 2.20. The Kier molecular flexibility index (Phi) is 12.4. The van der Waals surface area contributed by atoms with Gasteiger partial charge in [-0.2, -0.15) is 0 Å². The highest BCUT2D eigenvalue weighted by atomic mass is 32.2. The van der Waals surface area contributed by atoms with Crippen molar-refractivity contribution in [2.24, 2.45) is 11.8 Å². The minimum atomic E-state index is -0.587. The fourth-order valence-electron chi connectivity index (χ4n) is 3.95. The number of hydrogen-bond donors (Lipinski definition) is 1. The van der Waals surface area contributed by atoms with Crippen molar-refractivity contribution in [2.75, 3.05) is 25.5 Å². The molecule has 196 valence electrons. The second-order valence-electron chi connectivity index (χ2n) is 9.39. The Labute approximate surface area is 219 Å². The normalized spacial score (nSPS) is 11.9. The molecular weight excluding hydrogens is 474 g/mol. The maximum atomic E-state index is 12.3. The summed E-state index contributed by atoms with van der Waals surface area (Å²) >= 11 is 1.59. The molecule has 1 atom stereocenters. The van der Waals surface area contributed by atoms with Gasteiger partial charge in [-0.05, 0) is 54.5 Å². The number of nitrogens with one attached hydrogen (secondary N) is 1. The number of carbonyl (C=O) groups excluding carboxylic acids is 2. The van der Waals surface area contributed by atoms with E-state index in [4.69, 9.17) is 14.2 Å². The number of rotatable bonds is 14. The van der Waals surface area contributed by atoms with Crippen LogP contribution in [0.5, 0.6) is 5.75 Å². The number of ether oxygens (including phenoxy) is 3. The number of alkyl carbamates (subject to hydrolysis) is 1. The number of benzene rings is 2. The van der Waals surface area contributed by atoms with Crippen molar-refractivity contribution in [3.8, 4) is 5.75 Å². The molecule has 0 saturated heterocycles. The third kappa shape index (κ3) is 10.4. The van der Waals surface area contributed by atoms with Gasteiger partial charge in [-0.1, -0.05) is 64.6 Å². The zero-order valence-electron chi connectivity index (χ0n) is 22.0. The van der Waals surface area contributed by atoms with Crippen LogP contribution in [-0.2, 0) is 14.3 Å². The Balaban J connectivity index is 1.94. The van der Waals surface area contributed by atoms with Crippen LogP contribution in [0.4, 0.5) is 4.79 Å². The molecule has 6 nitrogen and oxygen atoms in total. The van der Waals surface area contributed by atoms with Crippen molar-refractivity contribution in [1.29, 1.82) is 0 Å². The topological polar surface area (TPSA) is 73.9 Å². The van der Waals surface area contributed by atoms with E-state index in [9.17, 15) is 9.59 Å². The first-order chi connectivity index (χ1) is 17.2. The van der Waals surface area contributed by atoms with Gasteiger partial charge in [0.05, 0.1) is 6.54 Å². The highest BCUT2D eigenvalue weighted by molar-refractivity contribution is 7.99. The molecule has 0 bridgehead atoms. The van der Waals surface area contributed by atoms with Crippen molar-refractivity contribution in [2.45, 2.75) is 51.5 Å². The van der Waals surface area contributed by atoms with Crippen LogP contribution in [0, 0.1) is 11.8 Å². The molecule has 0 aromatic heterocycles.